The second kappa shape index (κ2) is 12.3. The van der Waals surface area contributed by atoms with Gasteiger partial charge in [-0.25, -0.2) is 8.42 Å². The minimum Gasteiger partial charge on any atom is -0.390 e. The summed E-state index contributed by atoms with van der Waals surface area (Å²) in [5, 5.41) is 18.0. The molecule has 0 bridgehead atoms. The molecule has 3 N–H and O–H groups in total. The van der Waals surface area contributed by atoms with Crippen molar-refractivity contribution in [3.05, 3.63) is 47.6 Å². The number of sulfone groups is 1. The van der Waals surface area contributed by atoms with Gasteiger partial charge in [0.2, 0.25) is 0 Å². The van der Waals surface area contributed by atoms with E-state index in [1.165, 1.54) is 0 Å². The van der Waals surface area contributed by atoms with Gasteiger partial charge in [0.1, 0.15) is 4.21 Å². The van der Waals surface area contributed by atoms with Crippen molar-refractivity contribution in [2.75, 3.05) is 25.4 Å². The van der Waals surface area contributed by atoms with E-state index in [1.807, 2.05) is 25.1 Å². The highest BCUT2D eigenvalue weighted by atomic mass is 127. The Hall–Kier alpha value is -1.24. The molecular weight excluding hydrogens is 499 g/mol. The van der Waals surface area contributed by atoms with Gasteiger partial charge in [0.05, 0.1) is 18.4 Å². The molecule has 0 spiro atoms. The zero-order valence-electron chi connectivity index (χ0n) is 15.0. The summed E-state index contributed by atoms with van der Waals surface area (Å²) < 4.78 is 24.6. The lowest BCUT2D eigenvalue weighted by molar-refractivity contribution is 0.206. The summed E-state index contributed by atoms with van der Waals surface area (Å²) in [5.74, 6) is 0.195. The topological polar surface area (TPSA) is 104 Å². The van der Waals surface area contributed by atoms with E-state index >= 15 is 0 Å². The Morgan fingerprint density at radius 3 is 2.74 bits per heavy atom. The molecule has 0 aliphatic heterocycles. The Kier molecular flexibility index (Phi) is 10.8. The van der Waals surface area contributed by atoms with E-state index in [1.54, 1.807) is 23.7 Å². The van der Waals surface area contributed by atoms with Gasteiger partial charge in [0.25, 0.3) is 0 Å². The molecular formula is C17H25IN4O3S2. The lowest BCUT2D eigenvalue weighted by atomic mass is 10.3. The van der Waals surface area contributed by atoms with Crippen LogP contribution in [-0.2, 0) is 16.3 Å². The molecule has 0 aliphatic rings. The molecule has 0 amide bonds. The van der Waals surface area contributed by atoms with E-state index in [0.29, 0.717) is 19.0 Å². The molecule has 1 atom stereocenters. The molecule has 0 aromatic carbocycles. The van der Waals surface area contributed by atoms with E-state index in [-0.39, 0.29) is 40.5 Å². The van der Waals surface area contributed by atoms with Crippen LogP contribution in [0.25, 0.3) is 0 Å². The van der Waals surface area contributed by atoms with Crippen molar-refractivity contribution in [2.45, 2.75) is 23.7 Å². The molecule has 10 heteroatoms. The number of aromatic nitrogens is 1. The Morgan fingerprint density at radius 1 is 1.30 bits per heavy atom. The first-order valence-electron chi connectivity index (χ1n) is 8.37. The standard InChI is InChI=1S/C17H24N4O3S2.HI/c1-2-18-17(20-10-8-14-6-3-4-9-19-14)21-12-15(22)13-26(23,24)16-7-5-11-25-16;/h3-7,9,11,15,22H,2,8,10,12-13H2,1H3,(H2,18,20,21);1H. The first kappa shape index (κ1) is 23.8. The highest BCUT2D eigenvalue weighted by molar-refractivity contribution is 14.0. The lowest BCUT2D eigenvalue weighted by Crippen LogP contribution is -2.39. The Labute approximate surface area is 181 Å². The Morgan fingerprint density at radius 2 is 2.11 bits per heavy atom. The van der Waals surface area contributed by atoms with Crippen molar-refractivity contribution in [2.24, 2.45) is 4.99 Å². The lowest BCUT2D eigenvalue weighted by Gasteiger charge is -2.13. The third-order valence-electron chi connectivity index (χ3n) is 3.42. The van der Waals surface area contributed by atoms with Crippen LogP contribution in [0, 0.1) is 0 Å². The van der Waals surface area contributed by atoms with Gasteiger partial charge in [0, 0.05) is 31.4 Å². The van der Waals surface area contributed by atoms with Crippen molar-refractivity contribution in [3.8, 4) is 0 Å². The van der Waals surface area contributed by atoms with Crippen LogP contribution >= 0.6 is 35.3 Å². The van der Waals surface area contributed by atoms with Crippen molar-refractivity contribution in [1.29, 1.82) is 0 Å². The predicted molar refractivity (Wildman–Crippen MR) is 120 cm³/mol. The first-order valence-corrected chi connectivity index (χ1v) is 10.9. The molecule has 7 nitrogen and oxygen atoms in total. The van der Waals surface area contributed by atoms with E-state index < -0.39 is 15.9 Å². The molecule has 0 aliphatic carbocycles. The van der Waals surface area contributed by atoms with E-state index in [2.05, 4.69) is 20.6 Å². The average molecular weight is 524 g/mol. The molecule has 2 aromatic rings. The van der Waals surface area contributed by atoms with E-state index in [4.69, 9.17) is 0 Å². The third kappa shape index (κ3) is 8.54. The number of aliphatic hydroxyl groups excluding tert-OH is 1. The highest BCUT2D eigenvalue weighted by Gasteiger charge is 2.20. The minimum atomic E-state index is -3.48. The predicted octanol–water partition coefficient (Wildman–Crippen LogP) is 1.69. The number of guanidine groups is 1. The van der Waals surface area contributed by atoms with Crippen LogP contribution in [0.15, 0.2) is 51.1 Å². The number of pyridine rings is 1. The average Bonchev–Trinajstić information content (AvgIpc) is 3.16. The molecule has 0 radical (unpaired) electrons. The molecule has 150 valence electrons. The van der Waals surface area contributed by atoms with Crippen LogP contribution in [0.1, 0.15) is 12.6 Å². The second-order valence-electron chi connectivity index (χ2n) is 5.58. The van der Waals surface area contributed by atoms with E-state index in [0.717, 1.165) is 23.5 Å². The maximum atomic E-state index is 12.2. The van der Waals surface area contributed by atoms with E-state index in [9.17, 15) is 13.5 Å². The fraction of sp³-hybridized carbons (Fsp3) is 0.412. The summed E-state index contributed by atoms with van der Waals surface area (Å²) in [6.45, 7) is 3.24. The molecule has 0 saturated carbocycles. The van der Waals surface area contributed by atoms with Gasteiger partial charge in [-0.2, -0.15) is 0 Å². The molecule has 0 fully saturated rings. The van der Waals surface area contributed by atoms with Gasteiger partial charge < -0.3 is 15.7 Å². The molecule has 2 heterocycles. The van der Waals surface area contributed by atoms with Crippen molar-refractivity contribution < 1.29 is 13.5 Å². The van der Waals surface area contributed by atoms with Crippen LogP contribution in [0.4, 0.5) is 0 Å². The number of hydrogen-bond acceptors (Lipinski definition) is 6. The Balaban J connectivity index is 0.00000364. The first-order chi connectivity index (χ1) is 12.5. The summed E-state index contributed by atoms with van der Waals surface area (Å²) in [6, 6.07) is 8.97. The number of hydrogen-bond donors (Lipinski definition) is 3. The van der Waals surface area contributed by atoms with Gasteiger partial charge >= 0.3 is 0 Å². The maximum Gasteiger partial charge on any atom is 0.191 e. The number of rotatable bonds is 9. The molecule has 1 unspecified atom stereocenters. The molecule has 0 saturated heterocycles. The number of nitrogens with one attached hydrogen (secondary N) is 2. The van der Waals surface area contributed by atoms with Gasteiger partial charge in [0.15, 0.2) is 15.8 Å². The second-order valence-corrected chi connectivity index (χ2v) is 8.79. The SMILES string of the molecule is CCNC(=NCC(O)CS(=O)(=O)c1cccs1)NCCc1ccccn1.I. The van der Waals surface area contributed by atoms with Crippen LogP contribution in [0.2, 0.25) is 0 Å². The van der Waals surface area contributed by atoms with Gasteiger partial charge in [-0.15, -0.1) is 35.3 Å². The number of aliphatic imine (C=N–C) groups is 1. The van der Waals surface area contributed by atoms with Gasteiger partial charge in [-0.05, 0) is 30.5 Å². The Bertz CT molecular complexity index is 784. The summed E-state index contributed by atoms with van der Waals surface area (Å²) in [6.07, 6.45) is 1.42. The van der Waals surface area contributed by atoms with Crippen LogP contribution < -0.4 is 10.6 Å². The summed E-state index contributed by atoms with van der Waals surface area (Å²) >= 11 is 1.15. The quantitative estimate of drug-likeness (QED) is 0.262. The van der Waals surface area contributed by atoms with Crippen LogP contribution in [0.5, 0.6) is 0 Å². The highest BCUT2D eigenvalue weighted by Crippen LogP contribution is 2.18. The summed E-state index contributed by atoms with van der Waals surface area (Å²) in [5.41, 5.74) is 0.970. The zero-order valence-corrected chi connectivity index (χ0v) is 19.0. The van der Waals surface area contributed by atoms with Crippen molar-refractivity contribution in [3.63, 3.8) is 0 Å². The smallest absolute Gasteiger partial charge is 0.191 e. The summed E-state index contributed by atoms with van der Waals surface area (Å²) in [4.78, 5) is 8.53. The normalized spacial score (nSPS) is 12.9. The number of halogens is 1. The van der Waals surface area contributed by atoms with Gasteiger partial charge in [-0.3, -0.25) is 9.98 Å². The third-order valence-corrected chi connectivity index (χ3v) is 6.70. The molecule has 27 heavy (non-hydrogen) atoms. The van der Waals surface area contributed by atoms with Crippen molar-refractivity contribution >= 4 is 51.1 Å². The van der Waals surface area contributed by atoms with Crippen molar-refractivity contribution in [1.82, 2.24) is 15.6 Å². The zero-order chi connectivity index (χ0) is 18.8. The minimum absolute atomic E-state index is 0. The maximum absolute atomic E-state index is 12.2. The molecule has 2 rings (SSSR count). The fourth-order valence-corrected chi connectivity index (χ4v) is 4.69. The molecule has 2 aromatic heterocycles. The van der Waals surface area contributed by atoms with Crippen LogP contribution in [0.3, 0.4) is 0 Å². The number of thiophene rings is 1. The van der Waals surface area contributed by atoms with Crippen LogP contribution in [-0.4, -0.2) is 56.0 Å². The monoisotopic (exact) mass is 524 g/mol. The summed E-state index contributed by atoms with van der Waals surface area (Å²) in [7, 11) is -3.48. The largest absolute Gasteiger partial charge is 0.390 e. The van der Waals surface area contributed by atoms with Gasteiger partial charge in [-0.1, -0.05) is 12.1 Å². The number of aliphatic hydroxyl groups is 1. The number of nitrogens with zero attached hydrogens (tertiary/aromatic N) is 2. The fourth-order valence-electron chi connectivity index (χ4n) is 2.22.